The maximum atomic E-state index is 13.1. The number of hydrogen-bond acceptors (Lipinski definition) is 7. The van der Waals surface area contributed by atoms with Crippen LogP contribution in [-0.2, 0) is 19.1 Å². The largest absolute Gasteiger partial charge is 0.428 e. The number of likely N-dealkylation sites (N-methyl/N-ethyl adjacent to an activating group) is 1. The lowest BCUT2D eigenvalue weighted by atomic mass is 9.92. The van der Waals surface area contributed by atoms with Gasteiger partial charge in [-0.3, -0.25) is 9.59 Å². The number of nitrogens with zero attached hydrogens (tertiary/aromatic N) is 1. The highest BCUT2D eigenvalue weighted by Gasteiger charge is 2.21. The van der Waals surface area contributed by atoms with E-state index in [0.29, 0.717) is 29.6 Å². The van der Waals surface area contributed by atoms with E-state index in [1.165, 1.54) is 0 Å². The molecule has 0 aliphatic carbocycles. The molecule has 0 aliphatic heterocycles. The van der Waals surface area contributed by atoms with Crippen molar-refractivity contribution in [3.8, 4) is 0 Å². The fraction of sp³-hybridized carbons (Fsp3) is 0.516. The van der Waals surface area contributed by atoms with Crippen LogP contribution in [0.2, 0.25) is 0 Å². The molecule has 41 heavy (non-hydrogen) atoms. The van der Waals surface area contributed by atoms with Crippen molar-refractivity contribution in [2.75, 3.05) is 49.0 Å². The molecule has 1 atom stereocenters. The van der Waals surface area contributed by atoms with Gasteiger partial charge in [0.15, 0.2) is 0 Å². The van der Waals surface area contributed by atoms with E-state index < -0.39 is 18.7 Å². The fourth-order valence-corrected chi connectivity index (χ4v) is 4.37. The molecule has 0 saturated heterocycles. The maximum absolute atomic E-state index is 13.1. The van der Waals surface area contributed by atoms with Gasteiger partial charge >= 0.3 is 18.0 Å². The number of nitrogens with one attached hydrogen (secondary N) is 3. The Morgan fingerprint density at radius 2 is 1.49 bits per heavy atom. The SMILES string of the molecule is CCC(CC(=O)OCOC(=O)CNC)c1ccc(N(CC(C)C)CC(C)C)c(NC(=O)Nc2ccc(C)cc2)c1.Cl. The zero-order valence-electron chi connectivity index (χ0n) is 25.4. The van der Waals surface area contributed by atoms with Gasteiger partial charge in [0, 0.05) is 18.8 Å². The first kappa shape index (κ1) is 35.7. The summed E-state index contributed by atoms with van der Waals surface area (Å²) in [5, 5.41) is 8.66. The fourth-order valence-electron chi connectivity index (χ4n) is 4.37. The van der Waals surface area contributed by atoms with Gasteiger partial charge in [-0.25, -0.2) is 4.79 Å². The van der Waals surface area contributed by atoms with Gasteiger partial charge in [-0.2, -0.15) is 0 Å². The molecule has 1 unspecified atom stereocenters. The van der Waals surface area contributed by atoms with Gasteiger partial charge in [-0.1, -0.05) is 58.4 Å². The van der Waals surface area contributed by atoms with Gasteiger partial charge < -0.3 is 30.3 Å². The Hall–Kier alpha value is -3.30. The van der Waals surface area contributed by atoms with E-state index in [0.717, 1.165) is 29.9 Å². The minimum absolute atomic E-state index is 0. The number of rotatable bonds is 15. The number of carbonyl (C=O) groups is 3. The summed E-state index contributed by atoms with van der Waals surface area (Å²) in [6.07, 6.45) is 0.806. The van der Waals surface area contributed by atoms with Crippen LogP contribution in [0.5, 0.6) is 0 Å². The van der Waals surface area contributed by atoms with Crippen molar-refractivity contribution in [1.82, 2.24) is 5.32 Å². The summed E-state index contributed by atoms with van der Waals surface area (Å²) in [6.45, 7) is 14.0. The molecular formula is C31H47ClN4O5. The quantitative estimate of drug-likeness (QED) is 0.164. The van der Waals surface area contributed by atoms with Crippen LogP contribution < -0.4 is 20.9 Å². The first-order chi connectivity index (χ1) is 19.0. The summed E-state index contributed by atoms with van der Waals surface area (Å²) in [4.78, 5) is 39.4. The number of carbonyl (C=O) groups excluding carboxylic acids is 3. The number of halogens is 1. The molecule has 9 nitrogen and oxygen atoms in total. The Balaban J connectivity index is 0.00000840. The number of esters is 2. The lowest BCUT2D eigenvalue weighted by Crippen LogP contribution is -2.32. The van der Waals surface area contributed by atoms with Crippen molar-refractivity contribution in [1.29, 1.82) is 0 Å². The van der Waals surface area contributed by atoms with Crippen LogP contribution in [0.25, 0.3) is 0 Å². The molecule has 0 saturated carbocycles. The van der Waals surface area contributed by atoms with E-state index in [-0.39, 0.29) is 37.3 Å². The van der Waals surface area contributed by atoms with Crippen molar-refractivity contribution in [2.45, 2.75) is 60.3 Å². The predicted octanol–water partition coefficient (Wildman–Crippen LogP) is 6.33. The average molecular weight is 591 g/mol. The molecule has 0 bridgehead atoms. The van der Waals surface area contributed by atoms with Crippen molar-refractivity contribution in [3.05, 3.63) is 53.6 Å². The highest BCUT2D eigenvalue weighted by atomic mass is 35.5. The van der Waals surface area contributed by atoms with Crippen molar-refractivity contribution >= 4 is 47.4 Å². The van der Waals surface area contributed by atoms with Crippen molar-refractivity contribution in [3.63, 3.8) is 0 Å². The second kappa shape index (κ2) is 18.2. The maximum Gasteiger partial charge on any atom is 0.323 e. The number of benzene rings is 2. The topological polar surface area (TPSA) is 109 Å². The van der Waals surface area contributed by atoms with E-state index in [2.05, 4.69) is 48.5 Å². The van der Waals surface area contributed by atoms with Crippen molar-refractivity contribution in [2.24, 2.45) is 11.8 Å². The van der Waals surface area contributed by atoms with Gasteiger partial charge in [0.2, 0.25) is 6.79 Å². The molecule has 3 N–H and O–H groups in total. The van der Waals surface area contributed by atoms with Crippen molar-refractivity contribution < 1.29 is 23.9 Å². The molecule has 228 valence electrons. The lowest BCUT2D eigenvalue weighted by Gasteiger charge is -2.31. The number of aryl methyl sites for hydroxylation is 1. The molecule has 0 fully saturated rings. The third kappa shape index (κ3) is 12.8. The standard InChI is InChI=1S/C31H46N4O5.ClH/c1-8-24(16-29(36)39-20-40-30(37)17-32-7)25-11-14-28(35(18-21(2)3)19-22(4)5)27(15-25)34-31(38)33-26-12-9-23(6)10-13-26;/h9-15,21-22,24,32H,8,16-20H2,1-7H3,(H2,33,34,38);1H. The van der Waals surface area contributed by atoms with Gasteiger partial charge in [0.05, 0.1) is 24.3 Å². The second-order valence-corrected chi connectivity index (χ2v) is 10.9. The summed E-state index contributed by atoms with van der Waals surface area (Å²) in [5.41, 5.74) is 4.33. The highest BCUT2D eigenvalue weighted by molar-refractivity contribution is 6.02. The number of anilines is 3. The molecule has 2 rings (SSSR count). The minimum Gasteiger partial charge on any atom is -0.428 e. The van der Waals surface area contributed by atoms with Crippen LogP contribution in [0.15, 0.2) is 42.5 Å². The molecule has 10 heteroatoms. The van der Waals surface area contributed by atoms with E-state index in [1.807, 2.05) is 56.3 Å². The van der Waals surface area contributed by atoms with Crippen LogP contribution in [0.4, 0.5) is 21.9 Å². The molecule has 2 aromatic rings. The second-order valence-electron chi connectivity index (χ2n) is 10.9. The monoisotopic (exact) mass is 590 g/mol. The molecule has 2 aromatic carbocycles. The molecular weight excluding hydrogens is 544 g/mol. The molecule has 0 aliphatic rings. The summed E-state index contributed by atoms with van der Waals surface area (Å²) in [5.74, 6) is -0.245. The van der Waals surface area contributed by atoms with Gasteiger partial charge in [-0.15, -0.1) is 12.4 Å². The Bertz CT molecular complexity index is 1100. The van der Waals surface area contributed by atoms with Crippen LogP contribution in [0.3, 0.4) is 0 Å². The van der Waals surface area contributed by atoms with Crippen LogP contribution >= 0.6 is 12.4 Å². The van der Waals surface area contributed by atoms with E-state index in [4.69, 9.17) is 9.47 Å². The Morgan fingerprint density at radius 1 is 0.878 bits per heavy atom. The molecule has 2 amide bonds. The third-order valence-corrected chi connectivity index (χ3v) is 6.23. The van der Waals surface area contributed by atoms with Crippen LogP contribution in [-0.4, -0.2) is 51.4 Å². The van der Waals surface area contributed by atoms with Crippen LogP contribution in [0.1, 0.15) is 64.5 Å². The summed E-state index contributed by atoms with van der Waals surface area (Å²) < 4.78 is 10.0. The smallest absolute Gasteiger partial charge is 0.323 e. The van der Waals surface area contributed by atoms with Gasteiger partial charge in [0.1, 0.15) is 0 Å². The van der Waals surface area contributed by atoms with Gasteiger partial charge in [-0.05, 0) is 68.0 Å². The number of amides is 2. The van der Waals surface area contributed by atoms with Crippen LogP contribution in [0, 0.1) is 18.8 Å². The Labute approximate surface area is 251 Å². The number of urea groups is 1. The first-order valence-electron chi connectivity index (χ1n) is 14.0. The first-order valence-corrected chi connectivity index (χ1v) is 14.0. The number of ether oxygens (including phenoxy) is 2. The highest BCUT2D eigenvalue weighted by Crippen LogP contribution is 2.34. The van der Waals surface area contributed by atoms with E-state index in [9.17, 15) is 14.4 Å². The molecule has 0 aromatic heterocycles. The minimum atomic E-state index is -0.495. The van der Waals surface area contributed by atoms with E-state index in [1.54, 1.807) is 7.05 Å². The summed E-state index contributed by atoms with van der Waals surface area (Å²) in [7, 11) is 1.63. The van der Waals surface area contributed by atoms with Gasteiger partial charge in [0.25, 0.3) is 0 Å². The zero-order chi connectivity index (χ0) is 29.7. The number of hydrogen-bond donors (Lipinski definition) is 3. The lowest BCUT2D eigenvalue weighted by molar-refractivity contribution is -0.166. The molecule has 0 spiro atoms. The molecule has 0 radical (unpaired) electrons. The Kier molecular flexibility index (Phi) is 15.9. The third-order valence-electron chi connectivity index (χ3n) is 6.23. The van der Waals surface area contributed by atoms with E-state index >= 15 is 0 Å². The zero-order valence-corrected chi connectivity index (χ0v) is 26.2. The normalized spacial score (nSPS) is 11.4. The predicted molar refractivity (Wildman–Crippen MR) is 168 cm³/mol. The Morgan fingerprint density at radius 3 is 2.05 bits per heavy atom. The summed E-state index contributed by atoms with van der Waals surface area (Å²) >= 11 is 0. The summed E-state index contributed by atoms with van der Waals surface area (Å²) in [6, 6.07) is 13.3. The average Bonchev–Trinajstić information content (AvgIpc) is 2.88. The molecule has 0 heterocycles.